The molecule has 0 radical (unpaired) electrons. The van der Waals surface area contributed by atoms with Crippen LogP contribution in [0.4, 0.5) is 0 Å². The summed E-state index contributed by atoms with van der Waals surface area (Å²) in [6.45, 7) is 6.49. The number of nitrogens with one attached hydrogen (secondary N) is 1. The minimum absolute atomic E-state index is 0.628. The molecular formula is C15H19N3. The van der Waals surface area contributed by atoms with Gasteiger partial charge in [-0.25, -0.2) is 4.68 Å². The van der Waals surface area contributed by atoms with Crippen LogP contribution in [0.25, 0.3) is 5.69 Å². The van der Waals surface area contributed by atoms with Gasteiger partial charge in [-0.05, 0) is 50.1 Å². The van der Waals surface area contributed by atoms with Crippen LogP contribution in [0.3, 0.4) is 0 Å². The van der Waals surface area contributed by atoms with Gasteiger partial charge in [0.2, 0.25) is 0 Å². The summed E-state index contributed by atoms with van der Waals surface area (Å²) in [6, 6.07) is 8.49. The minimum atomic E-state index is 0.628. The molecule has 0 saturated carbocycles. The summed E-state index contributed by atoms with van der Waals surface area (Å²) in [5.41, 5.74) is 5.09. The fourth-order valence-corrected chi connectivity index (χ4v) is 2.76. The standard InChI is InChI=1S/C15H19N3/c1-11-4-3-5-14(8-11)18-12(2)15(10-17-18)13-6-7-16-9-13/h3-5,8,10,13,16H,6-7,9H2,1-2H3. The number of benzene rings is 1. The molecule has 94 valence electrons. The van der Waals surface area contributed by atoms with Gasteiger partial charge in [-0.1, -0.05) is 12.1 Å². The second-order valence-corrected chi connectivity index (χ2v) is 5.13. The van der Waals surface area contributed by atoms with Gasteiger partial charge < -0.3 is 5.32 Å². The lowest BCUT2D eigenvalue weighted by atomic mass is 9.99. The van der Waals surface area contributed by atoms with Crippen LogP contribution in [0.15, 0.2) is 30.5 Å². The number of aryl methyl sites for hydroxylation is 1. The predicted molar refractivity (Wildman–Crippen MR) is 73.3 cm³/mol. The van der Waals surface area contributed by atoms with Gasteiger partial charge in [0.25, 0.3) is 0 Å². The van der Waals surface area contributed by atoms with Crippen molar-refractivity contribution in [2.24, 2.45) is 0 Å². The lowest BCUT2D eigenvalue weighted by molar-refractivity contribution is 0.752. The van der Waals surface area contributed by atoms with E-state index in [1.165, 1.54) is 23.2 Å². The van der Waals surface area contributed by atoms with E-state index >= 15 is 0 Å². The molecule has 0 amide bonds. The van der Waals surface area contributed by atoms with Crippen molar-refractivity contribution in [2.45, 2.75) is 26.2 Å². The van der Waals surface area contributed by atoms with Crippen LogP contribution >= 0.6 is 0 Å². The Morgan fingerprint density at radius 3 is 2.94 bits per heavy atom. The van der Waals surface area contributed by atoms with E-state index in [4.69, 9.17) is 0 Å². The van der Waals surface area contributed by atoms with Crippen molar-refractivity contribution in [3.63, 3.8) is 0 Å². The fourth-order valence-electron chi connectivity index (χ4n) is 2.76. The van der Waals surface area contributed by atoms with Crippen molar-refractivity contribution in [1.82, 2.24) is 15.1 Å². The van der Waals surface area contributed by atoms with E-state index in [2.05, 4.69) is 53.2 Å². The molecular weight excluding hydrogens is 222 g/mol. The molecule has 3 rings (SSSR count). The molecule has 1 unspecified atom stereocenters. The monoisotopic (exact) mass is 241 g/mol. The molecule has 1 fully saturated rings. The molecule has 1 N–H and O–H groups in total. The molecule has 1 aliphatic heterocycles. The van der Waals surface area contributed by atoms with Crippen molar-refractivity contribution in [2.75, 3.05) is 13.1 Å². The Bertz CT molecular complexity index is 551. The molecule has 0 spiro atoms. The van der Waals surface area contributed by atoms with Gasteiger partial charge >= 0.3 is 0 Å². The highest BCUT2D eigenvalue weighted by Gasteiger charge is 2.21. The van der Waals surface area contributed by atoms with E-state index in [0.29, 0.717) is 5.92 Å². The molecule has 18 heavy (non-hydrogen) atoms. The largest absolute Gasteiger partial charge is 0.316 e. The smallest absolute Gasteiger partial charge is 0.0651 e. The third kappa shape index (κ3) is 1.95. The Balaban J connectivity index is 1.98. The van der Waals surface area contributed by atoms with Crippen LogP contribution in [0.5, 0.6) is 0 Å². The number of rotatable bonds is 2. The van der Waals surface area contributed by atoms with Crippen LogP contribution in [-0.4, -0.2) is 22.9 Å². The Hall–Kier alpha value is -1.61. The molecule has 1 aliphatic rings. The number of hydrogen-bond donors (Lipinski definition) is 1. The molecule has 0 bridgehead atoms. The van der Waals surface area contributed by atoms with Gasteiger partial charge in [-0.2, -0.15) is 5.10 Å². The summed E-state index contributed by atoms with van der Waals surface area (Å²) in [5, 5.41) is 7.98. The first-order chi connectivity index (χ1) is 8.75. The highest BCUT2D eigenvalue weighted by molar-refractivity contribution is 5.38. The number of nitrogens with zero attached hydrogens (tertiary/aromatic N) is 2. The first-order valence-corrected chi connectivity index (χ1v) is 6.58. The Labute approximate surface area is 108 Å². The summed E-state index contributed by atoms with van der Waals surface area (Å²) in [4.78, 5) is 0. The highest BCUT2D eigenvalue weighted by atomic mass is 15.3. The lowest BCUT2D eigenvalue weighted by Gasteiger charge is -2.09. The Morgan fingerprint density at radius 1 is 1.33 bits per heavy atom. The SMILES string of the molecule is Cc1cccc(-n2ncc(C3CCNC3)c2C)c1. The molecule has 0 aliphatic carbocycles. The van der Waals surface area contributed by atoms with Gasteiger partial charge in [0.05, 0.1) is 11.9 Å². The molecule has 1 saturated heterocycles. The number of hydrogen-bond acceptors (Lipinski definition) is 2. The van der Waals surface area contributed by atoms with E-state index in [9.17, 15) is 0 Å². The van der Waals surface area contributed by atoms with Gasteiger partial charge in [0.15, 0.2) is 0 Å². The summed E-state index contributed by atoms with van der Waals surface area (Å²) in [5.74, 6) is 0.628. The van der Waals surface area contributed by atoms with Gasteiger partial charge in [-0.3, -0.25) is 0 Å². The molecule has 1 aromatic heterocycles. The van der Waals surface area contributed by atoms with Crippen LogP contribution in [0.1, 0.15) is 29.2 Å². The fraction of sp³-hybridized carbons (Fsp3) is 0.400. The maximum atomic E-state index is 4.56. The second kappa shape index (κ2) is 4.58. The summed E-state index contributed by atoms with van der Waals surface area (Å²) < 4.78 is 2.06. The summed E-state index contributed by atoms with van der Waals surface area (Å²) in [6.07, 6.45) is 3.26. The third-order valence-corrected chi connectivity index (χ3v) is 3.79. The third-order valence-electron chi connectivity index (χ3n) is 3.79. The molecule has 1 atom stereocenters. The van der Waals surface area contributed by atoms with Crippen molar-refractivity contribution in [3.05, 3.63) is 47.3 Å². The zero-order valence-electron chi connectivity index (χ0n) is 11.0. The zero-order chi connectivity index (χ0) is 12.5. The van der Waals surface area contributed by atoms with E-state index in [0.717, 1.165) is 18.8 Å². The zero-order valence-corrected chi connectivity index (χ0v) is 11.0. The average molecular weight is 241 g/mol. The molecule has 3 nitrogen and oxygen atoms in total. The Kier molecular flexibility index (Phi) is 2.92. The van der Waals surface area contributed by atoms with Crippen molar-refractivity contribution >= 4 is 0 Å². The summed E-state index contributed by atoms with van der Waals surface area (Å²) in [7, 11) is 0. The van der Waals surface area contributed by atoms with Gasteiger partial charge in [0, 0.05) is 18.2 Å². The maximum Gasteiger partial charge on any atom is 0.0651 e. The van der Waals surface area contributed by atoms with Crippen LogP contribution in [-0.2, 0) is 0 Å². The molecule has 2 aromatic rings. The molecule has 3 heteroatoms. The number of aromatic nitrogens is 2. The highest BCUT2D eigenvalue weighted by Crippen LogP contribution is 2.26. The first-order valence-electron chi connectivity index (χ1n) is 6.58. The maximum absolute atomic E-state index is 4.56. The minimum Gasteiger partial charge on any atom is -0.316 e. The van der Waals surface area contributed by atoms with Crippen molar-refractivity contribution < 1.29 is 0 Å². The molecule has 1 aromatic carbocycles. The molecule has 2 heterocycles. The average Bonchev–Trinajstić information content (AvgIpc) is 2.97. The van der Waals surface area contributed by atoms with E-state index in [1.807, 2.05) is 6.20 Å². The van der Waals surface area contributed by atoms with Crippen LogP contribution in [0, 0.1) is 13.8 Å². The normalized spacial score (nSPS) is 19.3. The van der Waals surface area contributed by atoms with Gasteiger partial charge in [0.1, 0.15) is 0 Å². The quantitative estimate of drug-likeness (QED) is 0.875. The predicted octanol–water partition coefficient (Wildman–Crippen LogP) is 2.57. The van der Waals surface area contributed by atoms with Crippen LogP contribution < -0.4 is 5.32 Å². The van der Waals surface area contributed by atoms with E-state index < -0.39 is 0 Å². The second-order valence-electron chi connectivity index (χ2n) is 5.13. The van der Waals surface area contributed by atoms with Gasteiger partial charge in [-0.15, -0.1) is 0 Å². The first kappa shape index (κ1) is 11.5. The summed E-state index contributed by atoms with van der Waals surface area (Å²) >= 11 is 0. The topological polar surface area (TPSA) is 29.9 Å². The van der Waals surface area contributed by atoms with Crippen LogP contribution in [0.2, 0.25) is 0 Å². The van der Waals surface area contributed by atoms with E-state index in [1.54, 1.807) is 0 Å². The van der Waals surface area contributed by atoms with Crippen molar-refractivity contribution in [1.29, 1.82) is 0 Å². The van der Waals surface area contributed by atoms with Crippen molar-refractivity contribution in [3.8, 4) is 5.69 Å². The van der Waals surface area contributed by atoms with E-state index in [-0.39, 0.29) is 0 Å². The Morgan fingerprint density at radius 2 is 2.22 bits per heavy atom. The lowest BCUT2D eigenvalue weighted by Crippen LogP contribution is -2.08.